The van der Waals surface area contributed by atoms with E-state index in [0.717, 1.165) is 0 Å². The van der Waals surface area contributed by atoms with Crippen molar-refractivity contribution < 1.29 is 48.0 Å². The predicted octanol–water partition coefficient (Wildman–Crippen LogP) is -0.945. The summed E-state index contributed by atoms with van der Waals surface area (Å²) in [5, 5.41) is 0. The molecule has 4 rings (SSSR count). The third-order valence-electron chi connectivity index (χ3n) is 3.78. The SMILES string of the molecule is C1=CC[C]([Zr+2][CH]2C(n3cccp3)=Cc3ccccc32)=C1.[Cl-].[Cl-]. The summed E-state index contributed by atoms with van der Waals surface area (Å²) in [6.07, 6.45) is 12.7. The normalized spacial score (nSPS) is 18.1. The van der Waals surface area contributed by atoms with Gasteiger partial charge in [0, 0.05) is 0 Å². The maximum Gasteiger partial charge on any atom is -1.00 e. The number of nitrogens with zero attached hydrogens (tertiary/aromatic N) is 1. The zero-order chi connectivity index (χ0) is 13.4. The van der Waals surface area contributed by atoms with Crippen molar-refractivity contribution in [2.75, 3.05) is 0 Å². The smallest absolute Gasteiger partial charge is 1.00 e. The molecule has 0 saturated heterocycles. The van der Waals surface area contributed by atoms with E-state index in [9.17, 15) is 0 Å². The summed E-state index contributed by atoms with van der Waals surface area (Å²) in [6.45, 7) is 0. The van der Waals surface area contributed by atoms with Crippen LogP contribution in [0.25, 0.3) is 11.8 Å². The van der Waals surface area contributed by atoms with Gasteiger partial charge in [0.25, 0.3) is 0 Å². The minimum absolute atomic E-state index is 0. The van der Waals surface area contributed by atoms with Crippen LogP contribution in [0.5, 0.6) is 0 Å². The molecule has 2 aliphatic rings. The van der Waals surface area contributed by atoms with Gasteiger partial charge in [0.05, 0.1) is 0 Å². The van der Waals surface area contributed by atoms with Crippen molar-refractivity contribution in [3.63, 3.8) is 0 Å². The molecule has 1 atom stereocenters. The molecule has 0 fully saturated rings. The number of rotatable bonds is 3. The Morgan fingerprint density at radius 3 is 2.73 bits per heavy atom. The number of benzene rings is 1. The molecule has 2 aliphatic carbocycles. The third kappa shape index (κ3) is 3.41. The van der Waals surface area contributed by atoms with Crippen LogP contribution in [-0.2, 0) is 23.2 Å². The molecular weight excluding hydrogens is 411 g/mol. The third-order valence-corrected chi connectivity index (χ3v) is 8.72. The molecule has 0 aliphatic heterocycles. The Hall–Kier alpha value is -0.387. The first kappa shape index (κ1) is 18.0. The molecule has 1 nitrogen and oxygen atoms in total. The number of halogens is 2. The molecule has 22 heavy (non-hydrogen) atoms. The summed E-state index contributed by atoms with van der Waals surface area (Å²) in [5.74, 6) is 2.21. The summed E-state index contributed by atoms with van der Waals surface area (Å²) in [4.78, 5) is 0. The van der Waals surface area contributed by atoms with Gasteiger partial charge < -0.3 is 24.8 Å². The zero-order valence-electron chi connectivity index (χ0n) is 11.8. The zero-order valence-corrected chi connectivity index (χ0v) is 16.6. The van der Waals surface area contributed by atoms with Crippen LogP contribution in [0.4, 0.5) is 0 Å². The maximum atomic E-state index is 2.40. The van der Waals surface area contributed by atoms with E-state index >= 15 is 0 Å². The van der Waals surface area contributed by atoms with E-state index in [1.807, 2.05) is 0 Å². The van der Waals surface area contributed by atoms with Crippen LogP contribution in [0.3, 0.4) is 0 Å². The average Bonchev–Trinajstić information content (AvgIpc) is 3.19. The van der Waals surface area contributed by atoms with Gasteiger partial charge in [-0.25, -0.2) is 0 Å². The van der Waals surface area contributed by atoms with E-state index in [2.05, 4.69) is 71.0 Å². The standard InChI is InChI=1S/C12H9NP.C5H5.2ClH.Zr/c1-2-5-11-9-12(8-10(11)4-1)13-6-3-7-14-13;1-2-4-5-3-1;;;/h1-9H;1-3H,4H2;2*1H;/q;;;;+2/p-2. The second-order valence-corrected chi connectivity index (χ2v) is 9.72. The minimum Gasteiger partial charge on any atom is -1.00 e. The molecule has 5 heteroatoms. The monoisotopic (exact) mass is 423 g/mol. The summed E-state index contributed by atoms with van der Waals surface area (Å²) < 4.78 is 4.78. The predicted molar refractivity (Wildman–Crippen MR) is 82.1 cm³/mol. The minimum atomic E-state index is -0.608. The largest absolute Gasteiger partial charge is 1.00 e. The first-order valence-electron chi connectivity index (χ1n) is 6.84. The van der Waals surface area contributed by atoms with Gasteiger partial charge >= 0.3 is 133 Å². The number of allylic oxidation sites excluding steroid dienone is 5. The Labute approximate surface area is 156 Å². The quantitative estimate of drug-likeness (QED) is 0.598. The summed E-state index contributed by atoms with van der Waals surface area (Å²) in [6, 6.07) is 11.1. The molecule has 0 N–H and O–H groups in total. The molecule has 1 aromatic carbocycles. The number of hydrogen-bond donors (Lipinski definition) is 0. The van der Waals surface area contributed by atoms with Crippen LogP contribution in [0.2, 0.25) is 0 Å². The molecule has 1 unspecified atom stereocenters. The van der Waals surface area contributed by atoms with Crippen molar-refractivity contribution in [3.8, 4) is 0 Å². The van der Waals surface area contributed by atoms with Gasteiger partial charge in [-0.2, -0.15) is 0 Å². The van der Waals surface area contributed by atoms with Crippen LogP contribution < -0.4 is 24.8 Å². The Bertz CT molecular complexity index is 735. The first-order valence-corrected chi connectivity index (χ1v) is 10.4. The second-order valence-electron chi connectivity index (χ2n) is 5.05. The fraction of sp³-hybridized carbons (Fsp3) is 0.118. The van der Waals surface area contributed by atoms with Crippen LogP contribution >= 0.6 is 8.35 Å². The molecule has 2 aromatic rings. The van der Waals surface area contributed by atoms with Crippen LogP contribution in [0.1, 0.15) is 21.2 Å². The number of fused-ring (bicyclic) bond motifs is 1. The Kier molecular flexibility index (Phi) is 6.48. The molecule has 110 valence electrons. The van der Waals surface area contributed by atoms with Gasteiger partial charge in [0.15, 0.2) is 0 Å². The Morgan fingerprint density at radius 1 is 1.14 bits per heavy atom. The Balaban J connectivity index is 0.000000882. The number of aromatic nitrogens is 1. The van der Waals surface area contributed by atoms with Gasteiger partial charge in [-0.15, -0.1) is 0 Å². The van der Waals surface area contributed by atoms with E-state index < -0.39 is 23.2 Å². The van der Waals surface area contributed by atoms with E-state index in [1.165, 1.54) is 26.0 Å². The molecular formula is C17H14Cl2NPZr. The van der Waals surface area contributed by atoms with Gasteiger partial charge in [-0.1, -0.05) is 0 Å². The molecule has 1 heterocycles. The number of hydrogen-bond acceptors (Lipinski definition) is 0. The van der Waals surface area contributed by atoms with Crippen LogP contribution in [0, 0.1) is 0 Å². The van der Waals surface area contributed by atoms with Crippen LogP contribution in [0.15, 0.2) is 63.8 Å². The summed E-state index contributed by atoms with van der Waals surface area (Å²) in [5.41, 5.74) is 4.49. The van der Waals surface area contributed by atoms with Crippen molar-refractivity contribution in [2.24, 2.45) is 0 Å². The molecule has 0 bridgehead atoms. The van der Waals surface area contributed by atoms with E-state index in [1.54, 1.807) is 8.84 Å². The Morgan fingerprint density at radius 2 is 2.00 bits per heavy atom. The van der Waals surface area contributed by atoms with Gasteiger partial charge in [0.2, 0.25) is 0 Å². The van der Waals surface area contributed by atoms with Gasteiger partial charge in [0.1, 0.15) is 0 Å². The summed E-state index contributed by atoms with van der Waals surface area (Å²) >= 11 is -0.608. The first-order chi connectivity index (χ1) is 9.92. The van der Waals surface area contributed by atoms with E-state index in [4.69, 9.17) is 0 Å². The molecule has 0 saturated carbocycles. The second kappa shape index (κ2) is 7.93. The maximum absolute atomic E-state index is 2.40. The van der Waals surface area contributed by atoms with E-state index in [0.29, 0.717) is 3.63 Å². The average molecular weight is 425 g/mol. The van der Waals surface area contributed by atoms with Crippen molar-refractivity contribution in [3.05, 3.63) is 75.0 Å². The fourth-order valence-electron chi connectivity index (χ4n) is 2.82. The van der Waals surface area contributed by atoms with E-state index in [-0.39, 0.29) is 24.8 Å². The molecule has 0 radical (unpaired) electrons. The van der Waals surface area contributed by atoms with Gasteiger partial charge in [-0.05, 0) is 0 Å². The van der Waals surface area contributed by atoms with Crippen molar-refractivity contribution in [1.82, 2.24) is 4.33 Å². The van der Waals surface area contributed by atoms with Crippen LogP contribution in [-0.4, -0.2) is 4.33 Å². The van der Waals surface area contributed by atoms with Crippen molar-refractivity contribution in [2.45, 2.75) is 10.0 Å². The molecule has 0 spiro atoms. The fourth-order valence-corrected chi connectivity index (χ4v) is 7.75. The summed E-state index contributed by atoms with van der Waals surface area (Å²) in [7, 11) is 1.29. The van der Waals surface area contributed by atoms with Crippen molar-refractivity contribution in [1.29, 1.82) is 0 Å². The van der Waals surface area contributed by atoms with Crippen molar-refractivity contribution >= 4 is 20.1 Å². The topological polar surface area (TPSA) is 4.93 Å². The van der Waals surface area contributed by atoms with Gasteiger partial charge in [-0.3, -0.25) is 0 Å². The molecule has 1 aromatic heterocycles. The molecule has 0 amide bonds.